The zero-order chi connectivity index (χ0) is 15.9. The normalized spacial score (nSPS) is 15.0. The number of unbranched alkanes of at least 4 members (excludes halogenated alkanes) is 8. The number of allylic oxidation sites excluding steroid dienone is 2. The van der Waals surface area contributed by atoms with Gasteiger partial charge in [-0.3, -0.25) is 4.99 Å². The Labute approximate surface area is 137 Å². The maximum Gasteiger partial charge on any atom is 0.0991 e. The third-order valence-corrected chi connectivity index (χ3v) is 4.32. The topological polar surface area (TPSA) is 35.8 Å². The van der Waals surface area contributed by atoms with Gasteiger partial charge >= 0.3 is 0 Å². The maximum atomic E-state index is 9.02. The first-order valence-corrected chi connectivity index (χ1v) is 9.42. The van der Waals surface area contributed by atoms with Gasteiger partial charge in [0.1, 0.15) is 0 Å². The Morgan fingerprint density at radius 3 is 2.36 bits per heavy atom. The molecule has 0 aromatic rings. The summed E-state index contributed by atoms with van der Waals surface area (Å²) < 4.78 is 0. The Morgan fingerprint density at radius 1 is 1.00 bits per heavy atom. The van der Waals surface area contributed by atoms with Crippen LogP contribution in [-0.4, -0.2) is 42.1 Å². The first kappa shape index (κ1) is 19.2. The van der Waals surface area contributed by atoms with Crippen LogP contribution >= 0.6 is 0 Å². The average molecular weight is 309 g/mol. The molecule has 22 heavy (non-hydrogen) atoms. The minimum Gasteiger partial charge on any atom is -0.395 e. The predicted octanol–water partition coefficient (Wildman–Crippen LogP) is 4.56. The fourth-order valence-electron chi connectivity index (χ4n) is 3.02. The molecule has 0 unspecified atom stereocenters. The highest BCUT2D eigenvalue weighted by Crippen LogP contribution is 2.13. The molecule has 0 aliphatic carbocycles. The Morgan fingerprint density at radius 2 is 1.68 bits per heavy atom. The van der Waals surface area contributed by atoms with Crippen LogP contribution in [0, 0.1) is 0 Å². The average Bonchev–Trinajstić information content (AvgIpc) is 2.96. The Kier molecular flexibility index (Phi) is 12.1. The van der Waals surface area contributed by atoms with E-state index in [1.54, 1.807) is 0 Å². The van der Waals surface area contributed by atoms with Gasteiger partial charge in [-0.05, 0) is 25.7 Å². The van der Waals surface area contributed by atoms with Crippen molar-refractivity contribution >= 4 is 5.84 Å². The number of hydrogen-bond donors (Lipinski definition) is 1. The molecule has 0 aromatic heterocycles. The zero-order valence-corrected chi connectivity index (χ0v) is 14.6. The number of aliphatic imine (C=N–C) groups is 1. The third-order valence-electron chi connectivity index (χ3n) is 4.32. The molecule has 0 atom stereocenters. The van der Waals surface area contributed by atoms with Crippen molar-refractivity contribution in [1.82, 2.24) is 4.90 Å². The number of rotatable bonds is 14. The summed E-state index contributed by atoms with van der Waals surface area (Å²) in [5.41, 5.74) is 0. The van der Waals surface area contributed by atoms with Gasteiger partial charge in [-0.2, -0.15) is 0 Å². The third kappa shape index (κ3) is 9.24. The lowest BCUT2D eigenvalue weighted by Gasteiger charge is -2.18. The van der Waals surface area contributed by atoms with E-state index < -0.39 is 0 Å². The van der Waals surface area contributed by atoms with Crippen molar-refractivity contribution in [3.63, 3.8) is 0 Å². The molecule has 0 fully saturated rings. The maximum absolute atomic E-state index is 9.02. The van der Waals surface area contributed by atoms with Crippen molar-refractivity contribution in [2.24, 2.45) is 4.99 Å². The van der Waals surface area contributed by atoms with E-state index in [9.17, 15) is 0 Å². The molecule has 1 heterocycles. The van der Waals surface area contributed by atoms with E-state index in [1.165, 1.54) is 70.0 Å². The molecule has 1 aliphatic rings. The molecule has 1 rings (SSSR count). The van der Waals surface area contributed by atoms with E-state index in [0.717, 1.165) is 26.1 Å². The Balaban J connectivity index is 1.85. The van der Waals surface area contributed by atoms with Crippen LogP contribution in [0.25, 0.3) is 0 Å². The summed E-state index contributed by atoms with van der Waals surface area (Å²) >= 11 is 0. The molecule has 128 valence electrons. The molecule has 1 aliphatic heterocycles. The summed E-state index contributed by atoms with van der Waals surface area (Å²) in [4.78, 5) is 6.79. The lowest BCUT2D eigenvalue weighted by molar-refractivity contribution is 0.255. The second kappa shape index (κ2) is 13.8. The van der Waals surface area contributed by atoms with Crippen LogP contribution < -0.4 is 0 Å². The van der Waals surface area contributed by atoms with Crippen LogP contribution in [0.5, 0.6) is 0 Å². The van der Waals surface area contributed by atoms with Crippen molar-refractivity contribution in [3.8, 4) is 0 Å². The monoisotopic (exact) mass is 308 g/mol. The second-order valence-electron chi connectivity index (χ2n) is 6.26. The van der Waals surface area contributed by atoms with Gasteiger partial charge in [0.25, 0.3) is 0 Å². The lowest BCUT2D eigenvalue weighted by atomic mass is 10.1. The van der Waals surface area contributed by atoms with Crippen LogP contribution in [0.3, 0.4) is 0 Å². The number of amidine groups is 1. The fourth-order valence-corrected chi connectivity index (χ4v) is 3.02. The highest BCUT2D eigenvalue weighted by Gasteiger charge is 2.14. The van der Waals surface area contributed by atoms with Crippen molar-refractivity contribution in [2.45, 2.75) is 77.6 Å². The van der Waals surface area contributed by atoms with E-state index in [2.05, 4.69) is 29.0 Å². The number of aliphatic hydroxyl groups is 1. The summed E-state index contributed by atoms with van der Waals surface area (Å²) in [7, 11) is 0. The summed E-state index contributed by atoms with van der Waals surface area (Å²) in [5, 5.41) is 9.02. The standard InChI is InChI=1S/C19H36N2O/c1-2-3-4-5-6-7-8-9-10-11-12-13-14-19-20-15-16-21(19)17-18-22/h3-4,22H,2,5-18H2,1H3/b4-3+. The molecule has 0 radical (unpaired) electrons. The number of β-amino-alcohol motifs (C(OH)–C–C–N with tert-alkyl or cyclic N) is 1. The Hall–Kier alpha value is -0.830. The first-order valence-electron chi connectivity index (χ1n) is 9.42. The van der Waals surface area contributed by atoms with E-state index in [4.69, 9.17) is 5.11 Å². The fraction of sp³-hybridized carbons (Fsp3) is 0.842. The van der Waals surface area contributed by atoms with Gasteiger partial charge in [0.05, 0.1) is 19.0 Å². The van der Waals surface area contributed by atoms with E-state index in [0.29, 0.717) is 0 Å². The quantitative estimate of drug-likeness (QED) is 0.377. The van der Waals surface area contributed by atoms with Gasteiger partial charge in [0.2, 0.25) is 0 Å². The van der Waals surface area contributed by atoms with Crippen LogP contribution in [-0.2, 0) is 0 Å². The molecular formula is C19H36N2O. The number of hydrogen-bond acceptors (Lipinski definition) is 3. The van der Waals surface area contributed by atoms with Gasteiger partial charge in [0, 0.05) is 19.5 Å². The van der Waals surface area contributed by atoms with Crippen molar-refractivity contribution in [2.75, 3.05) is 26.2 Å². The van der Waals surface area contributed by atoms with Crippen LogP contribution in [0.4, 0.5) is 0 Å². The molecular weight excluding hydrogens is 272 g/mol. The summed E-state index contributed by atoms with van der Waals surface area (Å²) in [5.74, 6) is 1.23. The van der Waals surface area contributed by atoms with Crippen molar-refractivity contribution in [3.05, 3.63) is 12.2 Å². The summed E-state index contributed by atoms with van der Waals surface area (Å²) in [6, 6.07) is 0. The lowest BCUT2D eigenvalue weighted by Crippen LogP contribution is -2.30. The highest BCUT2D eigenvalue weighted by atomic mass is 16.3. The highest BCUT2D eigenvalue weighted by molar-refractivity contribution is 5.83. The molecule has 0 saturated heterocycles. The SMILES string of the molecule is CC/C=C/CCCCCCCCCCC1=NCCN1CCO. The van der Waals surface area contributed by atoms with E-state index in [1.807, 2.05) is 0 Å². The molecule has 0 aromatic carbocycles. The molecule has 3 nitrogen and oxygen atoms in total. The Bertz CT molecular complexity index is 313. The predicted molar refractivity (Wildman–Crippen MR) is 96.6 cm³/mol. The first-order chi connectivity index (χ1) is 10.9. The smallest absolute Gasteiger partial charge is 0.0991 e. The molecule has 0 bridgehead atoms. The summed E-state index contributed by atoms with van der Waals surface area (Å²) in [6.07, 6.45) is 19.0. The number of nitrogens with zero attached hydrogens (tertiary/aromatic N) is 2. The van der Waals surface area contributed by atoms with E-state index >= 15 is 0 Å². The van der Waals surface area contributed by atoms with E-state index in [-0.39, 0.29) is 6.61 Å². The number of aliphatic hydroxyl groups excluding tert-OH is 1. The van der Waals surface area contributed by atoms with Crippen molar-refractivity contribution < 1.29 is 5.11 Å². The minimum atomic E-state index is 0.243. The van der Waals surface area contributed by atoms with Crippen LogP contribution in [0.2, 0.25) is 0 Å². The van der Waals surface area contributed by atoms with Gasteiger partial charge in [0.15, 0.2) is 0 Å². The molecule has 0 amide bonds. The zero-order valence-electron chi connectivity index (χ0n) is 14.6. The van der Waals surface area contributed by atoms with Crippen LogP contribution in [0.1, 0.15) is 77.6 Å². The minimum absolute atomic E-state index is 0.243. The van der Waals surface area contributed by atoms with Gasteiger partial charge in [-0.15, -0.1) is 0 Å². The largest absolute Gasteiger partial charge is 0.395 e. The van der Waals surface area contributed by atoms with Gasteiger partial charge in [-0.25, -0.2) is 0 Å². The summed E-state index contributed by atoms with van der Waals surface area (Å²) in [6.45, 7) is 5.12. The molecule has 3 heteroatoms. The van der Waals surface area contributed by atoms with Gasteiger partial charge in [-0.1, -0.05) is 57.6 Å². The second-order valence-corrected chi connectivity index (χ2v) is 6.26. The molecule has 0 saturated carbocycles. The van der Waals surface area contributed by atoms with Gasteiger partial charge < -0.3 is 10.0 Å². The molecule has 1 N–H and O–H groups in total. The van der Waals surface area contributed by atoms with Crippen molar-refractivity contribution in [1.29, 1.82) is 0 Å². The molecule has 0 spiro atoms. The van der Waals surface area contributed by atoms with Crippen LogP contribution in [0.15, 0.2) is 17.1 Å².